The topological polar surface area (TPSA) is 50.1 Å². The molecule has 1 aliphatic rings. The number of aromatic nitrogens is 2. The molecule has 4 heteroatoms. The lowest BCUT2D eigenvalue weighted by Gasteiger charge is -2.26. The minimum Gasteiger partial charge on any atom is -0.389 e. The third-order valence-electron chi connectivity index (χ3n) is 4.62. The number of aryl methyl sites for hydroxylation is 1. The van der Waals surface area contributed by atoms with Crippen molar-refractivity contribution in [2.45, 2.75) is 50.7 Å². The van der Waals surface area contributed by atoms with Crippen LogP contribution in [0.4, 0.5) is 0 Å². The molecule has 0 atom stereocenters. The zero-order chi connectivity index (χ0) is 14.7. The molecule has 114 valence electrons. The van der Waals surface area contributed by atoms with Crippen LogP contribution < -0.4 is 5.32 Å². The number of hydrogen-bond donors (Lipinski definition) is 2. The molecule has 1 fully saturated rings. The zero-order valence-electron chi connectivity index (χ0n) is 12.8. The van der Waals surface area contributed by atoms with Gasteiger partial charge >= 0.3 is 0 Å². The fourth-order valence-corrected chi connectivity index (χ4v) is 3.40. The summed E-state index contributed by atoms with van der Waals surface area (Å²) >= 11 is 0. The highest BCUT2D eigenvalue weighted by molar-refractivity contribution is 5.81. The van der Waals surface area contributed by atoms with Crippen molar-refractivity contribution >= 4 is 10.9 Å². The monoisotopic (exact) mass is 287 g/mol. The highest BCUT2D eigenvalue weighted by Gasteiger charge is 2.27. The van der Waals surface area contributed by atoms with Crippen LogP contribution in [-0.4, -0.2) is 27.0 Å². The SMILES string of the molecule is Cn1nc(CNCC2(O)CCCCCC2)c2ccccc21. The van der Waals surface area contributed by atoms with Crippen LogP contribution in [0.2, 0.25) is 0 Å². The van der Waals surface area contributed by atoms with Crippen LogP contribution in [0.3, 0.4) is 0 Å². The summed E-state index contributed by atoms with van der Waals surface area (Å²) in [5.74, 6) is 0. The van der Waals surface area contributed by atoms with Crippen molar-refractivity contribution in [2.24, 2.45) is 7.05 Å². The third-order valence-corrected chi connectivity index (χ3v) is 4.62. The molecule has 0 spiro atoms. The lowest BCUT2D eigenvalue weighted by Crippen LogP contribution is -2.40. The Morgan fingerprint density at radius 3 is 2.67 bits per heavy atom. The first-order chi connectivity index (χ1) is 10.2. The molecule has 1 heterocycles. The van der Waals surface area contributed by atoms with Crippen molar-refractivity contribution < 1.29 is 5.11 Å². The van der Waals surface area contributed by atoms with Gasteiger partial charge in [-0.15, -0.1) is 0 Å². The van der Waals surface area contributed by atoms with Crippen LogP contribution in [0.25, 0.3) is 10.9 Å². The van der Waals surface area contributed by atoms with Gasteiger partial charge < -0.3 is 10.4 Å². The second kappa shape index (κ2) is 6.16. The predicted molar refractivity (Wildman–Crippen MR) is 85.1 cm³/mol. The zero-order valence-corrected chi connectivity index (χ0v) is 12.8. The molecule has 0 amide bonds. The highest BCUT2D eigenvalue weighted by atomic mass is 16.3. The normalized spacial score (nSPS) is 18.8. The van der Waals surface area contributed by atoms with E-state index >= 15 is 0 Å². The summed E-state index contributed by atoms with van der Waals surface area (Å²) < 4.78 is 1.92. The Kier molecular flexibility index (Phi) is 4.27. The summed E-state index contributed by atoms with van der Waals surface area (Å²) in [7, 11) is 1.98. The van der Waals surface area contributed by atoms with E-state index in [1.807, 2.05) is 23.9 Å². The van der Waals surface area contributed by atoms with Gasteiger partial charge in [0.25, 0.3) is 0 Å². The minimum atomic E-state index is -0.527. The van der Waals surface area contributed by atoms with E-state index in [0.29, 0.717) is 13.1 Å². The van der Waals surface area contributed by atoms with Gasteiger partial charge in [-0.3, -0.25) is 4.68 Å². The maximum absolute atomic E-state index is 10.7. The van der Waals surface area contributed by atoms with E-state index in [2.05, 4.69) is 22.5 Å². The molecule has 4 nitrogen and oxygen atoms in total. The van der Waals surface area contributed by atoms with E-state index < -0.39 is 5.60 Å². The molecule has 0 bridgehead atoms. The summed E-state index contributed by atoms with van der Waals surface area (Å²) in [5.41, 5.74) is 1.69. The number of aliphatic hydroxyl groups is 1. The Hall–Kier alpha value is -1.39. The van der Waals surface area contributed by atoms with Gasteiger partial charge in [-0.25, -0.2) is 0 Å². The lowest BCUT2D eigenvalue weighted by molar-refractivity contribution is 0.0250. The van der Waals surface area contributed by atoms with Crippen LogP contribution in [0, 0.1) is 0 Å². The fourth-order valence-electron chi connectivity index (χ4n) is 3.40. The maximum atomic E-state index is 10.7. The molecule has 21 heavy (non-hydrogen) atoms. The van der Waals surface area contributed by atoms with Gasteiger partial charge in [-0.1, -0.05) is 43.9 Å². The summed E-state index contributed by atoms with van der Waals surface area (Å²) in [4.78, 5) is 0. The van der Waals surface area contributed by atoms with E-state index in [1.165, 1.54) is 18.2 Å². The number of benzene rings is 1. The van der Waals surface area contributed by atoms with E-state index in [-0.39, 0.29) is 0 Å². The van der Waals surface area contributed by atoms with Crippen LogP contribution in [0.15, 0.2) is 24.3 Å². The molecular weight excluding hydrogens is 262 g/mol. The van der Waals surface area contributed by atoms with E-state index in [1.54, 1.807) is 0 Å². The van der Waals surface area contributed by atoms with Crippen LogP contribution in [0.5, 0.6) is 0 Å². The van der Waals surface area contributed by atoms with Crippen LogP contribution >= 0.6 is 0 Å². The Morgan fingerprint density at radius 1 is 1.19 bits per heavy atom. The first kappa shape index (κ1) is 14.5. The molecule has 1 aromatic carbocycles. The molecule has 3 rings (SSSR count). The first-order valence-corrected chi connectivity index (χ1v) is 8.02. The van der Waals surface area contributed by atoms with Crippen molar-refractivity contribution in [3.05, 3.63) is 30.0 Å². The van der Waals surface area contributed by atoms with Gasteiger partial charge in [0.05, 0.1) is 16.8 Å². The standard InChI is InChI=1S/C17H25N3O/c1-20-16-9-5-4-8-14(16)15(19-20)12-18-13-17(21)10-6-2-3-7-11-17/h4-5,8-9,18,21H,2-3,6-7,10-13H2,1H3. The fraction of sp³-hybridized carbons (Fsp3) is 0.588. The number of hydrogen-bond acceptors (Lipinski definition) is 3. The quantitative estimate of drug-likeness (QED) is 0.850. The molecule has 2 aromatic rings. The highest BCUT2D eigenvalue weighted by Crippen LogP contribution is 2.26. The summed E-state index contributed by atoms with van der Waals surface area (Å²) in [6.07, 6.45) is 6.64. The second-order valence-corrected chi connectivity index (χ2v) is 6.33. The van der Waals surface area contributed by atoms with E-state index in [0.717, 1.165) is 36.9 Å². The summed E-state index contributed by atoms with van der Waals surface area (Å²) in [5, 5.41) is 19.9. The Morgan fingerprint density at radius 2 is 1.90 bits per heavy atom. The van der Waals surface area contributed by atoms with E-state index in [9.17, 15) is 5.11 Å². The van der Waals surface area contributed by atoms with Crippen molar-refractivity contribution in [1.82, 2.24) is 15.1 Å². The molecular formula is C17H25N3O. The van der Waals surface area contributed by atoms with Gasteiger partial charge in [0.2, 0.25) is 0 Å². The van der Waals surface area contributed by atoms with Gasteiger partial charge in [0, 0.05) is 25.5 Å². The van der Waals surface area contributed by atoms with Crippen molar-refractivity contribution in [1.29, 1.82) is 0 Å². The average molecular weight is 287 g/mol. The van der Waals surface area contributed by atoms with Gasteiger partial charge in [0.15, 0.2) is 0 Å². The lowest BCUT2D eigenvalue weighted by atomic mass is 9.94. The first-order valence-electron chi connectivity index (χ1n) is 8.02. The largest absolute Gasteiger partial charge is 0.389 e. The molecule has 1 aliphatic carbocycles. The molecule has 0 saturated heterocycles. The number of nitrogens with one attached hydrogen (secondary N) is 1. The molecule has 0 unspecified atom stereocenters. The number of fused-ring (bicyclic) bond motifs is 1. The minimum absolute atomic E-state index is 0.527. The number of rotatable bonds is 4. The molecule has 0 aliphatic heterocycles. The number of nitrogens with zero attached hydrogens (tertiary/aromatic N) is 2. The molecule has 0 radical (unpaired) electrons. The Balaban J connectivity index is 1.64. The Labute approximate surface area is 126 Å². The van der Waals surface area contributed by atoms with Gasteiger partial charge in [-0.2, -0.15) is 5.10 Å². The predicted octanol–water partition coefficient (Wildman–Crippen LogP) is 2.75. The average Bonchev–Trinajstić information content (AvgIpc) is 2.66. The maximum Gasteiger partial charge on any atom is 0.0841 e. The van der Waals surface area contributed by atoms with Crippen molar-refractivity contribution in [2.75, 3.05) is 6.54 Å². The second-order valence-electron chi connectivity index (χ2n) is 6.33. The summed E-state index contributed by atoms with van der Waals surface area (Å²) in [6, 6.07) is 8.28. The van der Waals surface area contributed by atoms with Gasteiger partial charge in [-0.05, 0) is 18.9 Å². The number of para-hydroxylation sites is 1. The smallest absolute Gasteiger partial charge is 0.0841 e. The molecule has 1 saturated carbocycles. The van der Waals surface area contributed by atoms with E-state index in [4.69, 9.17) is 0 Å². The molecule has 2 N–H and O–H groups in total. The van der Waals surface area contributed by atoms with Crippen molar-refractivity contribution in [3.63, 3.8) is 0 Å². The van der Waals surface area contributed by atoms with Crippen molar-refractivity contribution in [3.8, 4) is 0 Å². The van der Waals surface area contributed by atoms with Gasteiger partial charge in [0.1, 0.15) is 0 Å². The molecule has 1 aromatic heterocycles. The van der Waals surface area contributed by atoms with Crippen LogP contribution in [-0.2, 0) is 13.6 Å². The van der Waals surface area contributed by atoms with Crippen LogP contribution in [0.1, 0.15) is 44.2 Å². The summed E-state index contributed by atoms with van der Waals surface area (Å²) in [6.45, 7) is 1.38. The Bertz CT molecular complexity index is 597. The third kappa shape index (κ3) is 3.27.